The molecule has 0 saturated heterocycles. The number of hydrogen-bond donors (Lipinski definition) is 2. The molecule has 0 aliphatic rings. The van der Waals surface area contributed by atoms with Crippen LogP contribution in [0.1, 0.15) is 32.3 Å². The maximum absolute atomic E-state index is 9.22. The highest BCUT2D eigenvalue weighted by molar-refractivity contribution is 5.17. The van der Waals surface area contributed by atoms with Crippen LogP contribution in [0.5, 0.6) is 0 Å². The zero-order valence-corrected chi connectivity index (χ0v) is 12.5. The molecule has 0 saturated carbocycles. The predicted octanol–water partition coefficient (Wildman–Crippen LogP) is 3.50. The maximum Gasteiger partial charge on any atom is 0.0805 e. The van der Waals surface area contributed by atoms with Crippen molar-refractivity contribution in [2.45, 2.75) is 39.2 Å². The van der Waals surface area contributed by atoms with Crippen molar-refractivity contribution in [1.82, 2.24) is 0 Å². The Morgan fingerprint density at radius 1 is 1.20 bits per heavy atom. The summed E-state index contributed by atoms with van der Waals surface area (Å²) in [6, 6.07) is 10.5. The molecule has 1 aromatic rings. The van der Waals surface area contributed by atoms with E-state index >= 15 is 0 Å². The summed E-state index contributed by atoms with van der Waals surface area (Å²) < 4.78 is 0. The molecular weight excluding hydrogens is 248 g/mol. The van der Waals surface area contributed by atoms with Gasteiger partial charge in [-0.2, -0.15) is 0 Å². The summed E-state index contributed by atoms with van der Waals surface area (Å²) in [5.41, 5.74) is 2.70. The third kappa shape index (κ3) is 7.27. The molecular formula is C18H26O2. The normalized spacial score (nSPS) is 15.5. The SMILES string of the molecule is C/C(=C\[C@H](C)Cc1ccccc1)C/C=C\C[C@@H](O)CO. The zero-order chi connectivity index (χ0) is 14.8. The Morgan fingerprint density at radius 3 is 2.55 bits per heavy atom. The van der Waals surface area contributed by atoms with E-state index in [1.165, 1.54) is 11.1 Å². The summed E-state index contributed by atoms with van der Waals surface area (Å²) in [5, 5.41) is 17.9. The van der Waals surface area contributed by atoms with Gasteiger partial charge in [-0.1, -0.05) is 61.1 Å². The summed E-state index contributed by atoms with van der Waals surface area (Å²) in [6.45, 7) is 4.19. The summed E-state index contributed by atoms with van der Waals surface area (Å²) in [6.07, 6.45) is 8.14. The molecule has 0 heterocycles. The van der Waals surface area contributed by atoms with Crippen LogP contribution in [0.2, 0.25) is 0 Å². The monoisotopic (exact) mass is 274 g/mol. The van der Waals surface area contributed by atoms with Gasteiger partial charge in [0.1, 0.15) is 0 Å². The van der Waals surface area contributed by atoms with E-state index in [-0.39, 0.29) is 6.61 Å². The third-order valence-electron chi connectivity index (χ3n) is 3.19. The van der Waals surface area contributed by atoms with E-state index < -0.39 is 6.10 Å². The van der Waals surface area contributed by atoms with Crippen molar-refractivity contribution in [1.29, 1.82) is 0 Å². The van der Waals surface area contributed by atoms with Crippen molar-refractivity contribution in [3.05, 3.63) is 59.7 Å². The lowest BCUT2D eigenvalue weighted by Gasteiger charge is -2.08. The fourth-order valence-electron chi connectivity index (χ4n) is 2.20. The van der Waals surface area contributed by atoms with Gasteiger partial charge in [0.25, 0.3) is 0 Å². The molecule has 0 bridgehead atoms. The number of allylic oxidation sites excluding steroid dienone is 3. The first-order valence-electron chi connectivity index (χ1n) is 7.27. The highest BCUT2D eigenvalue weighted by atomic mass is 16.3. The molecule has 0 amide bonds. The smallest absolute Gasteiger partial charge is 0.0805 e. The summed E-state index contributed by atoms with van der Waals surface area (Å²) in [5.74, 6) is 0.522. The number of aliphatic hydroxyl groups is 2. The summed E-state index contributed by atoms with van der Waals surface area (Å²) in [7, 11) is 0. The minimum Gasteiger partial charge on any atom is -0.394 e. The lowest BCUT2D eigenvalue weighted by Crippen LogP contribution is -2.09. The van der Waals surface area contributed by atoms with Crippen LogP contribution in [0.3, 0.4) is 0 Å². The van der Waals surface area contributed by atoms with Crippen LogP contribution in [-0.4, -0.2) is 22.9 Å². The molecule has 2 atom stereocenters. The number of hydrogen-bond acceptors (Lipinski definition) is 2. The fourth-order valence-corrected chi connectivity index (χ4v) is 2.20. The van der Waals surface area contributed by atoms with Gasteiger partial charge in [0.05, 0.1) is 12.7 Å². The van der Waals surface area contributed by atoms with Crippen molar-refractivity contribution >= 4 is 0 Å². The maximum atomic E-state index is 9.22. The van der Waals surface area contributed by atoms with Gasteiger partial charge < -0.3 is 10.2 Å². The second-order valence-corrected chi connectivity index (χ2v) is 5.43. The lowest BCUT2D eigenvalue weighted by molar-refractivity contribution is 0.0975. The third-order valence-corrected chi connectivity index (χ3v) is 3.19. The molecule has 0 aromatic heterocycles. The molecule has 1 rings (SSSR count). The first-order chi connectivity index (χ1) is 9.61. The second kappa shape index (κ2) is 9.51. The van der Waals surface area contributed by atoms with Gasteiger partial charge in [-0.3, -0.25) is 0 Å². The predicted molar refractivity (Wildman–Crippen MR) is 84.5 cm³/mol. The van der Waals surface area contributed by atoms with Gasteiger partial charge in [0, 0.05) is 0 Å². The second-order valence-electron chi connectivity index (χ2n) is 5.43. The molecule has 2 heteroatoms. The van der Waals surface area contributed by atoms with Crippen LogP contribution in [0.25, 0.3) is 0 Å². The van der Waals surface area contributed by atoms with Gasteiger partial charge in [0.2, 0.25) is 0 Å². The van der Waals surface area contributed by atoms with Gasteiger partial charge in [0.15, 0.2) is 0 Å². The Bertz CT molecular complexity index is 420. The molecule has 1 aromatic carbocycles. The average Bonchev–Trinajstić information content (AvgIpc) is 2.44. The van der Waals surface area contributed by atoms with Gasteiger partial charge in [-0.25, -0.2) is 0 Å². The number of aliphatic hydroxyl groups excluding tert-OH is 2. The number of rotatable bonds is 8. The zero-order valence-electron chi connectivity index (χ0n) is 12.5. The molecule has 20 heavy (non-hydrogen) atoms. The highest BCUT2D eigenvalue weighted by Crippen LogP contribution is 2.13. The topological polar surface area (TPSA) is 40.5 Å². The van der Waals surface area contributed by atoms with Crippen molar-refractivity contribution in [3.8, 4) is 0 Å². The Hall–Kier alpha value is -1.38. The average molecular weight is 274 g/mol. The molecule has 0 aliphatic carbocycles. The minimum absolute atomic E-state index is 0.173. The Labute approximate surface area is 122 Å². The Balaban J connectivity index is 2.36. The van der Waals surface area contributed by atoms with E-state index in [2.05, 4.69) is 50.3 Å². The van der Waals surface area contributed by atoms with Crippen LogP contribution >= 0.6 is 0 Å². The first kappa shape index (κ1) is 16.7. The Morgan fingerprint density at radius 2 is 1.90 bits per heavy atom. The standard InChI is InChI=1S/C18H26O2/c1-15(8-6-7-11-18(20)14-19)12-16(2)13-17-9-4-3-5-10-17/h3-7,9-10,12,16,18-20H,8,11,13-14H2,1-2H3/b7-6-,15-12+/t16-,18+/m0/s1. The molecule has 2 N–H and O–H groups in total. The molecule has 0 unspecified atom stereocenters. The van der Waals surface area contributed by atoms with Crippen LogP contribution in [0.15, 0.2) is 54.1 Å². The van der Waals surface area contributed by atoms with Crippen molar-refractivity contribution in [3.63, 3.8) is 0 Å². The van der Waals surface area contributed by atoms with E-state index in [1.54, 1.807) is 0 Å². The van der Waals surface area contributed by atoms with Crippen molar-refractivity contribution in [2.75, 3.05) is 6.61 Å². The quantitative estimate of drug-likeness (QED) is 0.712. The molecule has 0 spiro atoms. The summed E-state index contributed by atoms with van der Waals surface area (Å²) in [4.78, 5) is 0. The first-order valence-corrected chi connectivity index (χ1v) is 7.27. The molecule has 0 fully saturated rings. The largest absolute Gasteiger partial charge is 0.394 e. The van der Waals surface area contributed by atoms with Crippen molar-refractivity contribution in [2.24, 2.45) is 5.92 Å². The van der Waals surface area contributed by atoms with Crippen LogP contribution in [0, 0.1) is 5.92 Å². The fraction of sp³-hybridized carbons (Fsp3) is 0.444. The highest BCUT2D eigenvalue weighted by Gasteiger charge is 2.01. The molecule has 0 aliphatic heterocycles. The van der Waals surface area contributed by atoms with Crippen LogP contribution in [-0.2, 0) is 6.42 Å². The van der Waals surface area contributed by atoms with E-state index in [0.29, 0.717) is 12.3 Å². The molecule has 2 nitrogen and oxygen atoms in total. The van der Waals surface area contributed by atoms with E-state index in [1.807, 2.05) is 12.1 Å². The van der Waals surface area contributed by atoms with Crippen molar-refractivity contribution < 1.29 is 10.2 Å². The van der Waals surface area contributed by atoms with Gasteiger partial charge >= 0.3 is 0 Å². The minimum atomic E-state index is -0.632. The van der Waals surface area contributed by atoms with Crippen LogP contribution in [0.4, 0.5) is 0 Å². The van der Waals surface area contributed by atoms with Crippen LogP contribution < -0.4 is 0 Å². The summed E-state index contributed by atoms with van der Waals surface area (Å²) >= 11 is 0. The van der Waals surface area contributed by atoms with Gasteiger partial charge in [-0.15, -0.1) is 0 Å². The molecule has 110 valence electrons. The lowest BCUT2D eigenvalue weighted by atomic mass is 9.98. The van der Waals surface area contributed by atoms with E-state index in [4.69, 9.17) is 5.11 Å². The number of benzene rings is 1. The Kier molecular flexibility index (Phi) is 7.93. The van der Waals surface area contributed by atoms with Gasteiger partial charge in [-0.05, 0) is 37.7 Å². The molecule has 0 radical (unpaired) electrons. The van der Waals surface area contributed by atoms with E-state index in [9.17, 15) is 5.11 Å². The van der Waals surface area contributed by atoms with E-state index in [0.717, 1.165) is 12.8 Å².